The predicted octanol–water partition coefficient (Wildman–Crippen LogP) is 4.09. The minimum absolute atomic E-state index is 0.226. The molecule has 0 fully saturated rings. The third-order valence-electron chi connectivity index (χ3n) is 4.16. The van der Waals surface area contributed by atoms with Crippen LogP contribution in [0.1, 0.15) is 24.5 Å². The quantitative estimate of drug-likeness (QED) is 0.793. The fourth-order valence-electron chi connectivity index (χ4n) is 2.58. The molecule has 2 amide bonds. The van der Waals surface area contributed by atoms with E-state index in [2.05, 4.69) is 10.6 Å². The van der Waals surface area contributed by atoms with Gasteiger partial charge in [-0.15, -0.1) is 0 Å². The van der Waals surface area contributed by atoms with E-state index in [4.69, 9.17) is 16.3 Å². The minimum Gasteiger partial charge on any atom is -0.372 e. The molecule has 128 valence electrons. The zero-order valence-corrected chi connectivity index (χ0v) is 14.8. The molecule has 1 atom stereocenters. The molecule has 0 bridgehead atoms. The van der Waals surface area contributed by atoms with Crippen LogP contribution in [0, 0.1) is 0 Å². The van der Waals surface area contributed by atoms with Crippen molar-refractivity contribution in [2.24, 2.45) is 0 Å². The van der Waals surface area contributed by atoms with Gasteiger partial charge in [0.25, 0.3) is 0 Å². The Balaban J connectivity index is 1.92. The van der Waals surface area contributed by atoms with Gasteiger partial charge in [-0.3, -0.25) is 0 Å². The Morgan fingerprint density at radius 3 is 2.33 bits per heavy atom. The summed E-state index contributed by atoms with van der Waals surface area (Å²) >= 11 is 5.85. The highest BCUT2D eigenvalue weighted by Gasteiger charge is 2.30. The molecule has 0 saturated carbocycles. The lowest BCUT2D eigenvalue weighted by atomic mass is 9.91. The monoisotopic (exact) mass is 346 g/mol. The van der Waals surface area contributed by atoms with E-state index >= 15 is 0 Å². The highest BCUT2D eigenvalue weighted by Crippen LogP contribution is 2.27. The van der Waals surface area contributed by atoms with Crippen LogP contribution in [-0.4, -0.2) is 19.7 Å². The van der Waals surface area contributed by atoms with Crippen molar-refractivity contribution >= 4 is 17.6 Å². The van der Waals surface area contributed by atoms with Crippen molar-refractivity contribution in [1.29, 1.82) is 0 Å². The number of benzene rings is 2. The van der Waals surface area contributed by atoms with Crippen molar-refractivity contribution in [2.45, 2.75) is 25.5 Å². The Morgan fingerprint density at radius 1 is 1.08 bits per heavy atom. The van der Waals surface area contributed by atoms with Gasteiger partial charge in [-0.1, -0.05) is 61.0 Å². The number of nitrogens with one attached hydrogen (secondary N) is 2. The van der Waals surface area contributed by atoms with Crippen LogP contribution in [0.15, 0.2) is 54.6 Å². The van der Waals surface area contributed by atoms with Crippen molar-refractivity contribution in [2.75, 3.05) is 13.7 Å². The lowest BCUT2D eigenvalue weighted by Crippen LogP contribution is -2.45. The second-order valence-corrected chi connectivity index (χ2v) is 6.02. The van der Waals surface area contributed by atoms with E-state index in [1.165, 1.54) is 0 Å². The average Bonchev–Trinajstić information content (AvgIpc) is 2.63. The van der Waals surface area contributed by atoms with Crippen LogP contribution in [0.5, 0.6) is 0 Å². The molecule has 0 unspecified atom stereocenters. The molecule has 2 aromatic carbocycles. The van der Waals surface area contributed by atoms with E-state index in [0.29, 0.717) is 18.1 Å². The number of halogens is 1. The van der Waals surface area contributed by atoms with E-state index in [-0.39, 0.29) is 6.03 Å². The van der Waals surface area contributed by atoms with Gasteiger partial charge < -0.3 is 15.4 Å². The Labute approximate surface area is 148 Å². The van der Waals surface area contributed by atoms with E-state index < -0.39 is 5.60 Å². The van der Waals surface area contributed by atoms with Gasteiger partial charge in [-0.2, -0.15) is 0 Å². The van der Waals surface area contributed by atoms with Crippen molar-refractivity contribution < 1.29 is 9.53 Å². The maximum Gasteiger partial charge on any atom is 0.315 e. The molecular formula is C19H23ClN2O2. The highest BCUT2D eigenvalue weighted by atomic mass is 35.5. The predicted molar refractivity (Wildman–Crippen MR) is 97.1 cm³/mol. The third-order valence-corrected chi connectivity index (χ3v) is 4.41. The molecule has 0 aliphatic carbocycles. The summed E-state index contributed by atoms with van der Waals surface area (Å²) in [6.45, 7) is 2.89. The Kier molecular flexibility index (Phi) is 6.64. The second kappa shape index (κ2) is 8.71. The highest BCUT2D eigenvalue weighted by molar-refractivity contribution is 6.30. The first-order chi connectivity index (χ1) is 11.6. The summed E-state index contributed by atoms with van der Waals surface area (Å²) in [5, 5.41) is 6.43. The number of urea groups is 1. The van der Waals surface area contributed by atoms with Crippen LogP contribution < -0.4 is 10.6 Å². The normalized spacial score (nSPS) is 13.1. The fourth-order valence-corrected chi connectivity index (χ4v) is 2.70. The smallest absolute Gasteiger partial charge is 0.315 e. The zero-order chi connectivity index (χ0) is 17.4. The van der Waals surface area contributed by atoms with Crippen molar-refractivity contribution in [3.63, 3.8) is 0 Å². The van der Waals surface area contributed by atoms with Gasteiger partial charge in [0.2, 0.25) is 0 Å². The van der Waals surface area contributed by atoms with Gasteiger partial charge in [0.05, 0.1) is 6.54 Å². The zero-order valence-electron chi connectivity index (χ0n) is 14.0. The number of rotatable bonds is 7. The van der Waals surface area contributed by atoms with Crippen LogP contribution in [0.4, 0.5) is 4.79 Å². The van der Waals surface area contributed by atoms with Crippen LogP contribution >= 0.6 is 11.6 Å². The molecule has 0 heterocycles. The standard InChI is InChI=1S/C19H23ClN2O2/c1-3-19(24-2,16-7-5-4-6-8-16)14-22-18(23)21-13-15-9-11-17(20)12-10-15/h4-12H,3,13-14H2,1-2H3,(H2,21,22,23)/t19-/m0/s1. The van der Waals surface area contributed by atoms with Crippen molar-refractivity contribution in [3.8, 4) is 0 Å². The van der Waals surface area contributed by atoms with Gasteiger partial charge in [0.15, 0.2) is 0 Å². The molecule has 2 aromatic rings. The van der Waals surface area contributed by atoms with Gasteiger partial charge >= 0.3 is 6.03 Å². The van der Waals surface area contributed by atoms with Gasteiger partial charge in [0.1, 0.15) is 5.60 Å². The topological polar surface area (TPSA) is 50.4 Å². The number of carbonyl (C=O) groups is 1. The number of ether oxygens (including phenoxy) is 1. The molecule has 0 aliphatic rings. The lowest BCUT2D eigenvalue weighted by Gasteiger charge is -2.32. The molecule has 0 spiro atoms. The number of hydrogen-bond donors (Lipinski definition) is 2. The maximum atomic E-state index is 12.1. The van der Waals surface area contributed by atoms with E-state index in [1.807, 2.05) is 49.4 Å². The Hall–Kier alpha value is -2.04. The van der Waals surface area contributed by atoms with Gasteiger partial charge in [0, 0.05) is 18.7 Å². The van der Waals surface area contributed by atoms with Crippen LogP contribution in [0.25, 0.3) is 0 Å². The number of carbonyl (C=O) groups excluding carboxylic acids is 1. The number of methoxy groups -OCH3 is 1. The Bertz CT molecular complexity index is 640. The van der Waals surface area contributed by atoms with Gasteiger partial charge in [-0.25, -0.2) is 4.79 Å². The fraction of sp³-hybridized carbons (Fsp3) is 0.316. The summed E-state index contributed by atoms with van der Waals surface area (Å²) in [5.41, 5.74) is 1.51. The second-order valence-electron chi connectivity index (χ2n) is 5.58. The summed E-state index contributed by atoms with van der Waals surface area (Å²) in [6.07, 6.45) is 0.755. The van der Waals surface area contributed by atoms with Crippen LogP contribution in [0.2, 0.25) is 5.02 Å². The SMILES string of the molecule is CC[C@@](CNC(=O)NCc1ccc(Cl)cc1)(OC)c1ccccc1. The summed E-state index contributed by atoms with van der Waals surface area (Å²) in [4.78, 5) is 12.1. The molecule has 5 heteroatoms. The number of amides is 2. The molecule has 0 saturated heterocycles. The van der Waals surface area contributed by atoms with Crippen molar-refractivity contribution in [1.82, 2.24) is 10.6 Å². The van der Waals surface area contributed by atoms with Gasteiger partial charge in [-0.05, 0) is 29.7 Å². The molecule has 24 heavy (non-hydrogen) atoms. The molecule has 2 N–H and O–H groups in total. The first kappa shape index (κ1) is 18.3. The number of hydrogen-bond acceptors (Lipinski definition) is 2. The summed E-state index contributed by atoms with van der Waals surface area (Å²) in [5.74, 6) is 0. The lowest BCUT2D eigenvalue weighted by molar-refractivity contribution is -0.0152. The van der Waals surface area contributed by atoms with E-state index in [9.17, 15) is 4.79 Å². The summed E-state index contributed by atoms with van der Waals surface area (Å²) in [7, 11) is 1.67. The third kappa shape index (κ3) is 4.73. The molecule has 0 aliphatic heterocycles. The van der Waals surface area contributed by atoms with Crippen LogP contribution in [0.3, 0.4) is 0 Å². The molecular weight excluding hydrogens is 324 g/mol. The maximum absolute atomic E-state index is 12.1. The molecule has 4 nitrogen and oxygen atoms in total. The molecule has 0 radical (unpaired) electrons. The summed E-state index contributed by atoms with van der Waals surface area (Å²) < 4.78 is 5.74. The molecule has 2 rings (SSSR count). The van der Waals surface area contributed by atoms with Crippen LogP contribution in [-0.2, 0) is 16.9 Å². The average molecular weight is 347 g/mol. The summed E-state index contributed by atoms with van der Waals surface area (Å²) in [6, 6.07) is 17.1. The first-order valence-electron chi connectivity index (χ1n) is 7.96. The van der Waals surface area contributed by atoms with E-state index in [0.717, 1.165) is 17.5 Å². The van der Waals surface area contributed by atoms with E-state index in [1.54, 1.807) is 19.2 Å². The molecule has 0 aromatic heterocycles. The van der Waals surface area contributed by atoms with Crippen molar-refractivity contribution in [3.05, 3.63) is 70.7 Å². The Morgan fingerprint density at radius 2 is 1.75 bits per heavy atom. The largest absolute Gasteiger partial charge is 0.372 e. The first-order valence-corrected chi connectivity index (χ1v) is 8.34. The minimum atomic E-state index is -0.529.